The SMILES string of the molecule is O=C(NCC1CN(c2ccc(C3CC3)nn2)C1)C1(c2ccc(F)cc2)CC1. The van der Waals surface area contributed by atoms with Crippen molar-refractivity contribution in [1.29, 1.82) is 0 Å². The summed E-state index contributed by atoms with van der Waals surface area (Å²) in [7, 11) is 0. The average molecular weight is 366 g/mol. The van der Waals surface area contributed by atoms with E-state index in [1.54, 1.807) is 12.1 Å². The molecular weight excluding hydrogens is 343 g/mol. The Kier molecular flexibility index (Phi) is 3.88. The van der Waals surface area contributed by atoms with Gasteiger partial charge in [-0.2, -0.15) is 5.10 Å². The molecule has 3 fully saturated rings. The minimum Gasteiger partial charge on any atom is -0.355 e. The second kappa shape index (κ2) is 6.29. The molecule has 0 spiro atoms. The number of nitrogens with one attached hydrogen (secondary N) is 1. The Bertz CT molecular complexity index is 837. The number of anilines is 1. The van der Waals surface area contributed by atoms with Gasteiger partial charge in [0.2, 0.25) is 5.91 Å². The van der Waals surface area contributed by atoms with E-state index in [1.165, 1.54) is 25.0 Å². The maximum atomic E-state index is 13.1. The molecule has 140 valence electrons. The highest BCUT2D eigenvalue weighted by Gasteiger charge is 2.51. The summed E-state index contributed by atoms with van der Waals surface area (Å²) in [6.07, 6.45) is 4.15. The van der Waals surface area contributed by atoms with Crippen molar-refractivity contribution in [3.63, 3.8) is 0 Å². The first-order valence-electron chi connectivity index (χ1n) is 9.77. The molecule has 1 amide bonds. The van der Waals surface area contributed by atoms with Crippen molar-refractivity contribution in [2.45, 2.75) is 37.0 Å². The molecule has 0 radical (unpaired) electrons. The van der Waals surface area contributed by atoms with E-state index in [0.717, 1.165) is 43.0 Å². The number of rotatable bonds is 6. The van der Waals surface area contributed by atoms with Crippen molar-refractivity contribution >= 4 is 11.7 Å². The van der Waals surface area contributed by atoms with Gasteiger partial charge in [0.25, 0.3) is 0 Å². The molecule has 5 rings (SSSR count). The monoisotopic (exact) mass is 366 g/mol. The van der Waals surface area contributed by atoms with Gasteiger partial charge in [0.05, 0.1) is 11.1 Å². The molecule has 3 aliphatic rings. The third kappa shape index (κ3) is 3.17. The summed E-state index contributed by atoms with van der Waals surface area (Å²) in [6, 6.07) is 10.5. The van der Waals surface area contributed by atoms with Gasteiger partial charge in [0, 0.05) is 31.5 Å². The third-order valence-electron chi connectivity index (χ3n) is 6.08. The van der Waals surface area contributed by atoms with Gasteiger partial charge in [-0.05, 0) is 55.5 Å². The van der Waals surface area contributed by atoms with Gasteiger partial charge >= 0.3 is 0 Å². The number of hydrogen-bond donors (Lipinski definition) is 1. The standard InChI is InChI=1S/C21H23FN4O/c22-17-5-3-16(4-6-17)21(9-10-21)20(27)23-11-14-12-26(13-14)19-8-7-18(24-25-19)15-1-2-15/h3-8,14-15H,1-2,9-13H2,(H,23,27). The summed E-state index contributed by atoms with van der Waals surface area (Å²) in [5, 5.41) is 11.8. The van der Waals surface area contributed by atoms with Crippen LogP contribution >= 0.6 is 0 Å². The highest BCUT2D eigenvalue weighted by Crippen LogP contribution is 2.48. The van der Waals surface area contributed by atoms with Crippen LogP contribution in [0.15, 0.2) is 36.4 Å². The summed E-state index contributed by atoms with van der Waals surface area (Å²) in [5.41, 5.74) is 1.59. The number of nitrogens with zero attached hydrogens (tertiary/aromatic N) is 3. The number of aromatic nitrogens is 2. The molecule has 6 heteroatoms. The summed E-state index contributed by atoms with van der Waals surface area (Å²) in [4.78, 5) is 14.9. The molecule has 5 nitrogen and oxygen atoms in total. The van der Waals surface area contributed by atoms with Crippen LogP contribution in [0, 0.1) is 11.7 Å². The van der Waals surface area contributed by atoms with Crippen LogP contribution in [0.3, 0.4) is 0 Å². The maximum absolute atomic E-state index is 13.1. The Labute approximate surface area is 158 Å². The van der Waals surface area contributed by atoms with Crippen LogP contribution in [0.25, 0.3) is 0 Å². The molecule has 0 unspecified atom stereocenters. The topological polar surface area (TPSA) is 58.1 Å². The van der Waals surface area contributed by atoms with Crippen LogP contribution in [-0.4, -0.2) is 35.7 Å². The van der Waals surface area contributed by atoms with Crippen molar-refractivity contribution < 1.29 is 9.18 Å². The lowest BCUT2D eigenvalue weighted by atomic mass is 9.94. The lowest BCUT2D eigenvalue weighted by Crippen LogP contribution is -2.52. The fourth-order valence-corrected chi connectivity index (χ4v) is 3.93. The van der Waals surface area contributed by atoms with E-state index >= 15 is 0 Å². The van der Waals surface area contributed by atoms with E-state index in [1.807, 2.05) is 0 Å². The smallest absolute Gasteiger partial charge is 0.230 e. The molecule has 2 aliphatic carbocycles. The number of amides is 1. The molecule has 27 heavy (non-hydrogen) atoms. The van der Waals surface area contributed by atoms with Gasteiger partial charge in [-0.3, -0.25) is 4.79 Å². The van der Waals surface area contributed by atoms with Crippen LogP contribution in [0.1, 0.15) is 42.9 Å². The molecule has 2 saturated carbocycles. The summed E-state index contributed by atoms with van der Waals surface area (Å²) in [5.74, 6) is 1.79. The predicted molar refractivity (Wildman–Crippen MR) is 100 cm³/mol. The van der Waals surface area contributed by atoms with Crippen LogP contribution in [-0.2, 0) is 10.2 Å². The zero-order chi connectivity index (χ0) is 18.4. The summed E-state index contributed by atoms with van der Waals surface area (Å²) in [6.45, 7) is 2.45. The Morgan fingerprint density at radius 3 is 2.44 bits per heavy atom. The second-order valence-electron chi connectivity index (χ2n) is 8.16. The largest absolute Gasteiger partial charge is 0.355 e. The Morgan fingerprint density at radius 2 is 1.85 bits per heavy atom. The number of hydrogen-bond acceptors (Lipinski definition) is 4. The predicted octanol–water partition coefficient (Wildman–Crippen LogP) is 2.78. The first-order chi connectivity index (χ1) is 13.1. The Hall–Kier alpha value is -2.50. The lowest BCUT2D eigenvalue weighted by molar-refractivity contribution is -0.123. The van der Waals surface area contributed by atoms with Gasteiger partial charge in [0.15, 0.2) is 5.82 Å². The zero-order valence-corrected chi connectivity index (χ0v) is 15.2. The minimum atomic E-state index is -0.443. The minimum absolute atomic E-state index is 0.0705. The summed E-state index contributed by atoms with van der Waals surface area (Å²) >= 11 is 0. The van der Waals surface area contributed by atoms with Crippen LogP contribution in [0.5, 0.6) is 0 Å². The third-order valence-corrected chi connectivity index (χ3v) is 6.08. The molecule has 1 aliphatic heterocycles. The van der Waals surface area contributed by atoms with Crippen molar-refractivity contribution in [3.05, 3.63) is 53.5 Å². The Morgan fingerprint density at radius 1 is 1.11 bits per heavy atom. The van der Waals surface area contributed by atoms with E-state index in [9.17, 15) is 9.18 Å². The van der Waals surface area contributed by atoms with E-state index in [4.69, 9.17) is 0 Å². The number of halogens is 1. The number of benzene rings is 1. The quantitative estimate of drug-likeness (QED) is 0.854. The fourth-order valence-electron chi connectivity index (χ4n) is 3.93. The number of carbonyl (C=O) groups excluding carboxylic acids is 1. The highest BCUT2D eigenvalue weighted by atomic mass is 19.1. The lowest BCUT2D eigenvalue weighted by Gasteiger charge is -2.40. The highest BCUT2D eigenvalue weighted by molar-refractivity contribution is 5.91. The van der Waals surface area contributed by atoms with E-state index in [-0.39, 0.29) is 11.7 Å². The molecule has 1 saturated heterocycles. The zero-order valence-electron chi connectivity index (χ0n) is 15.2. The molecule has 0 bridgehead atoms. The molecule has 1 aromatic heterocycles. The van der Waals surface area contributed by atoms with Crippen LogP contribution in [0.4, 0.5) is 10.2 Å². The fraction of sp³-hybridized carbons (Fsp3) is 0.476. The Balaban J connectivity index is 1.12. The van der Waals surface area contributed by atoms with Crippen molar-refractivity contribution in [1.82, 2.24) is 15.5 Å². The van der Waals surface area contributed by atoms with Gasteiger partial charge < -0.3 is 10.2 Å². The van der Waals surface area contributed by atoms with Gasteiger partial charge in [0.1, 0.15) is 5.82 Å². The number of carbonyl (C=O) groups is 1. The first-order valence-corrected chi connectivity index (χ1v) is 9.77. The molecule has 1 N–H and O–H groups in total. The molecule has 2 aromatic rings. The molecular formula is C21H23FN4O. The van der Waals surface area contributed by atoms with E-state index < -0.39 is 5.41 Å². The van der Waals surface area contributed by atoms with Crippen LogP contribution < -0.4 is 10.2 Å². The normalized spacial score (nSPS) is 20.9. The molecule has 2 heterocycles. The molecule has 0 atom stereocenters. The van der Waals surface area contributed by atoms with Crippen LogP contribution in [0.2, 0.25) is 0 Å². The van der Waals surface area contributed by atoms with Gasteiger partial charge in [-0.15, -0.1) is 5.10 Å². The van der Waals surface area contributed by atoms with Crippen molar-refractivity contribution in [2.24, 2.45) is 5.92 Å². The van der Waals surface area contributed by atoms with E-state index in [0.29, 0.717) is 18.4 Å². The first kappa shape index (κ1) is 16.7. The second-order valence-corrected chi connectivity index (χ2v) is 8.16. The van der Waals surface area contributed by atoms with Gasteiger partial charge in [-0.1, -0.05) is 12.1 Å². The molecule has 1 aromatic carbocycles. The maximum Gasteiger partial charge on any atom is 0.230 e. The summed E-state index contributed by atoms with van der Waals surface area (Å²) < 4.78 is 13.1. The van der Waals surface area contributed by atoms with Crippen molar-refractivity contribution in [3.8, 4) is 0 Å². The van der Waals surface area contributed by atoms with Crippen molar-refractivity contribution in [2.75, 3.05) is 24.5 Å². The average Bonchev–Trinajstić information content (AvgIpc) is 3.55. The van der Waals surface area contributed by atoms with Gasteiger partial charge in [-0.25, -0.2) is 4.39 Å². The van der Waals surface area contributed by atoms with E-state index in [2.05, 4.69) is 32.5 Å².